The van der Waals surface area contributed by atoms with Crippen LogP contribution in [0.15, 0.2) is 48.8 Å². The van der Waals surface area contributed by atoms with Gasteiger partial charge in [0.15, 0.2) is 0 Å². The molecule has 0 spiro atoms. The lowest BCUT2D eigenvalue weighted by Gasteiger charge is -2.37. The summed E-state index contributed by atoms with van der Waals surface area (Å²) in [7, 11) is 0. The number of hydrogen-bond donors (Lipinski definition) is 1. The highest BCUT2D eigenvalue weighted by Crippen LogP contribution is 2.26. The Hall–Kier alpha value is -2.07. The maximum absolute atomic E-state index is 12.7. The molecule has 0 saturated heterocycles. The van der Waals surface area contributed by atoms with Gasteiger partial charge in [-0.25, -0.2) is 0 Å². The summed E-state index contributed by atoms with van der Waals surface area (Å²) in [5, 5.41) is 9.21. The van der Waals surface area contributed by atoms with Gasteiger partial charge in [0.2, 0.25) is 0 Å². The Morgan fingerprint density at radius 1 is 1.24 bits per heavy atom. The number of rotatable bonds is 5. The molecule has 1 amide bonds. The fourth-order valence-electron chi connectivity index (χ4n) is 2.73. The van der Waals surface area contributed by atoms with Crippen molar-refractivity contribution in [3.63, 3.8) is 0 Å². The molecule has 1 aromatic carbocycles. The number of carbonyl (C=O) groups is 1. The Morgan fingerprint density at radius 3 is 2.62 bits per heavy atom. The predicted octanol–water partition coefficient (Wildman–Crippen LogP) is 2.46. The lowest BCUT2D eigenvalue weighted by atomic mass is 9.91. The van der Waals surface area contributed by atoms with Crippen LogP contribution in [0.1, 0.15) is 29.6 Å². The van der Waals surface area contributed by atoms with Gasteiger partial charge in [-0.15, -0.1) is 0 Å². The molecule has 4 heteroatoms. The summed E-state index contributed by atoms with van der Waals surface area (Å²) < 4.78 is 1.98. The van der Waals surface area contributed by atoms with Gasteiger partial charge in [0, 0.05) is 36.2 Å². The molecule has 3 rings (SSSR count). The molecule has 0 aliphatic heterocycles. The number of aliphatic hydroxyl groups excluding tert-OH is 1. The molecule has 0 unspecified atom stereocenters. The van der Waals surface area contributed by atoms with Crippen molar-refractivity contribution < 1.29 is 9.90 Å². The maximum Gasteiger partial charge on any atom is 0.254 e. The first-order valence-electron chi connectivity index (χ1n) is 7.45. The highest BCUT2D eigenvalue weighted by molar-refractivity contribution is 5.95. The third-order valence-corrected chi connectivity index (χ3v) is 4.11. The highest BCUT2D eigenvalue weighted by Gasteiger charge is 2.28. The smallest absolute Gasteiger partial charge is 0.254 e. The van der Waals surface area contributed by atoms with Gasteiger partial charge in [-0.1, -0.05) is 6.07 Å². The summed E-state index contributed by atoms with van der Waals surface area (Å²) in [4.78, 5) is 14.5. The topological polar surface area (TPSA) is 45.5 Å². The van der Waals surface area contributed by atoms with Crippen LogP contribution in [-0.4, -0.2) is 39.7 Å². The zero-order valence-corrected chi connectivity index (χ0v) is 12.0. The van der Waals surface area contributed by atoms with E-state index in [1.807, 2.05) is 58.3 Å². The van der Waals surface area contributed by atoms with E-state index in [-0.39, 0.29) is 12.5 Å². The average Bonchev–Trinajstić information content (AvgIpc) is 2.98. The third-order valence-electron chi connectivity index (χ3n) is 4.11. The van der Waals surface area contributed by atoms with E-state index >= 15 is 0 Å². The van der Waals surface area contributed by atoms with Crippen molar-refractivity contribution in [2.75, 3.05) is 13.2 Å². The summed E-state index contributed by atoms with van der Waals surface area (Å²) in [6.07, 6.45) is 7.18. The molecule has 4 nitrogen and oxygen atoms in total. The summed E-state index contributed by atoms with van der Waals surface area (Å²) in [5.41, 5.74) is 1.66. The zero-order valence-electron chi connectivity index (χ0n) is 12.0. The molecule has 1 aliphatic carbocycles. The van der Waals surface area contributed by atoms with Crippen molar-refractivity contribution in [1.29, 1.82) is 0 Å². The van der Waals surface area contributed by atoms with E-state index in [0.29, 0.717) is 18.2 Å². The number of nitrogens with zero attached hydrogens (tertiary/aromatic N) is 2. The summed E-state index contributed by atoms with van der Waals surface area (Å²) in [6.45, 7) is 0.427. The minimum absolute atomic E-state index is 0.0134. The van der Waals surface area contributed by atoms with E-state index in [1.54, 1.807) is 0 Å². The number of carbonyl (C=O) groups excluding carboxylic acids is 1. The molecule has 0 bridgehead atoms. The van der Waals surface area contributed by atoms with Crippen molar-refractivity contribution in [2.24, 2.45) is 0 Å². The Morgan fingerprint density at radius 2 is 2.00 bits per heavy atom. The first-order chi connectivity index (χ1) is 10.3. The third kappa shape index (κ3) is 2.85. The van der Waals surface area contributed by atoms with Gasteiger partial charge >= 0.3 is 0 Å². The lowest BCUT2D eigenvalue weighted by Crippen LogP contribution is -2.45. The second-order valence-electron chi connectivity index (χ2n) is 5.45. The lowest BCUT2D eigenvalue weighted by molar-refractivity contribution is 0.0526. The SMILES string of the molecule is O=C(c1cccc(-n2cccc2)c1)N(CCO)C1CCC1. The largest absolute Gasteiger partial charge is 0.395 e. The van der Waals surface area contributed by atoms with Gasteiger partial charge in [-0.3, -0.25) is 4.79 Å². The molecule has 1 N–H and O–H groups in total. The minimum Gasteiger partial charge on any atom is -0.395 e. The van der Waals surface area contributed by atoms with Crippen molar-refractivity contribution in [3.8, 4) is 5.69 Å². The van der Waals surface area contributed by atoms with Crippen LogP contribution in [0.4, 0.5) is 0 Å². The van der Waals surface area contributed by atoms with Crippen LogP contribution in [0, 0.1) is 0 Å². The molecule has 2 aromatic rings. The number of aliphatic hydroxyl groups is 1. The van der Waals surface area contributed by atoms with E-state index in [2.05, 4.69) is 0 Å². The van der Waals surface area contributed by atoms with E-state index in [4.69, 9.17) is 0 Å². The van der Waals surface area contributed by atoms with E-state index in [0.717, 1.165) is 18.5 Å². The van der Waals surface area contributed by atoms with Gasteiger partial charge in [0.05, 0.1) is 6.61 Å². The second-order valence-corrected chi connectivity index (χ2v) is 5.45. The van der Waals surface area contributed by atoms with Gasteiger partial charge in [0.1, 0.15) is 0 Å². The Kier molecular flexibility index (Phi) is 4.06. The highest BCUT2D eigenvalue weighted by atomic mass is 16.3. The maximum atomic E-state index is 12.7. The van der Waals surface area contributed by atoms with Crippen LogP contribution >= 0.6 is 0 Å². The molecule has 1 heterocycles. The van der Waals surface area contributed by atoms with E-state index in [9.17, 15) is 9.90 Å². The summed E-state index contributed by atoms with van der Waals surface area (Å²) >= 11 is 0. The van der Waals surface area contributed by atoms with Crippen LogP contribution in [0.5, 0.6) is 0 Å². The summed E-state index contributed by atoms with van der Waals surface area (Å²) in [6, 6.07) is 11.8. The number of hydrogen-bond acceptors (Lipinski definition) is 2. The van der Waals surface area contributed by atoms with E-state index in [1.165, 1.54) is 6.42 Å². The van der Waals surface area contributed by atoms with Crippen LogP contribution in [0.3, 0.4) is 0 Å². The fraction of sp³-hybridized carbons (Fsp3) is 0.353. The molecule has 110 valence electrons. The first kappa shape index (κ1) is 13.9. The molecular weight excluding hydrogens is 264 g/mol. The fourth-order valence-corrected chi connectivity index (χ4v) is 2.73. The van der Waals surface area contributed by atoms with Crippen molar-refractivity contribution in [3.05, 3.63) is 54.4 Å². The standard InChI is InChI=1S/C17H20N2O2/c20-12-11-19(15-6-4-7-15)17(21)14-5-3-8-16(13-14)18-9-1-2-10-18/h1-3,5,8-10,13,15,20H,4,6-7,11-12H2. The molecular formula is C17H20N2O2. The molecule has 0 atom stereocenters. The van der Waals surface area contributed by atoms with Crippen LogP contribution < -0.4 is 0 Å². The molecule has 21 heavy (non-hydrogen) atoms. The number of benzene rings is 1. The number of aromatic nitrogens is 1. The Balaban J connectivity index is 1.84. The van der Waals surface area contributed by atoms with Crippen LogP contribution in [0.25, 0.3) is 5.69 Å². The molecule has 1 aliphatic rings. The van der Waals surface area contributed by atoms with Gasteiger partial charge in [0.25, 0.3) is 5.91 Å². The molecule has 1 fully saturated rings. The minimum atomic E-state index is 0.0134. The quantitative estimate of drug-likeness (QED) is 0.916. The summed E-state index contributed by atoms with van der Waals surface area (Å²) in [5.74, 6) is 0.0164. The van der Waals surface area contributed by atoms with Gasteiger partial charge in [-0.2, -0.15) is 0 Å². The first-order valence-corrected chi connectivity index (χ1v) is 7.45. The van der Waals surface area contributed by atoms with Gasteiger partial charge in [-0.05, 0) is 49.6 Å². The second kappa shape index (κ2) is 6.14. The van der Waals surface area contributed by atoms with Crippen LogP contribution in [0.2, 0.25) is 0 Å². The number of amides is 1. The zero-order chi connectivity index (χ0) is 14.7. The predicted molar refractivity (Wildman–Crippen MR) is 81.5 cm³/mol. The van der Waals surface area contributed by atoms with Crippen molar-refractivity contribution in [2.45, 2.75) is 25.3 Å². The van der Waals surface area contributed by atoms with Crippen LogP contribution in [-0.2, 0) is 0 Å². The average molecular weight is 284 g/mol. The molecule has 1 aromatic heterocycles. The Labute approximate surface area is 124 Å². The molecule has 1 saturated carbocycles. The van der Waals surface area contributed by atoms with Crippen molar-refractivity contribution >= 4 is 5.91 Å². The van der Waals surface area contributed by atoms with E-state index < -0.39 is 0 Å². The normalized spacial score (nSPS) is 14.7. The molecule has 0 radical (unpaired) electrons. The van der Waals surface area contributed by atoms with Gasteiger partial charge < -0.3 is 14.6 Å². The monoisotopic (exact) mass is 284 g/mol. The van der Waals surface area contributed by atoms with Crippen molar-refractivity contribution in [1.82, 2.24) is 9.47 Å². The Bertz CT molecular complexity index is 603.